The van der Waals surface area contributed by atoms with Crippen LogP contribution in [0.25, 0.3) is 0 Å². The Bertz CT molecular complexity index is 1050. The van der Waals surface area contributed by atoms with Crippen LogP contribution < -0.4 is 0 Å². The molecule has 0 aromatic heterocycles. The van der Waals surface area contributed by atoms with Crippen molar-refractivity contribution >= 4 is 21.0 Å². The summed E-state index contributed by atoms with van der Waals surface area (Å²) in [5.74, 6) is 2.25. The van der Waals surface area contributed by atoms with E-state index in [1.807, 2.05) is 0 Å². The van der Waals surface area contributed by atoms with Crippen molar-refractivity contribution in [3.8, 4) is 0 Å². The van der Waals surface area contributed by atoms with Crippen LogP contribution in [-0.4, -0.2) is 23.2 Å². The molecule has 0 saturated heterocycles. The summed E-state index contributed by atoms with van der Waals surface area (Å²) >= 11 is 0. The van der Waals surface area contributed by atoms with Crippen LogP contribution in [0.2, 0.25) is 0 Å². The van der Waals surface area contributed by atoms with Crippen LogP contribution in [0.15, 0.2) is 76.5 Å². The molecule has 29 heavy (non-hydrogen) atoms. The molecule has 1 saturated carbocycles. The van der Waals surface area contributed by atoms with Crippen molar-refractivity contribution in [1.82, 2.24) is 0 Å². The van der Waals surface area contributed by atoms with Gasteiger partial charge in [0.25, 0.3) is 0 Å². The Hall–Kier alpha value is -1.77. The molecule has 3 nitrogen and oxygen atoms in total. The van der Waals surface area contributed by atoms with E-state index < -0.39 is 15.6 Å². The normalized spacial score (nSPS) is 31.8. The molecule has 2 bridgehead atoms. The molecule has 1 fully saturated rings. The monoisotopic (exact) mass is 440 g/mol. The highest BCUT2D eigenvalue weighted by atomic mass is 32.2. The van der Waals surface area contributed by atoms with E-state index >= 15 is 0 Å². The van der Waals surface area contributed by atoms with Gasteiger partial charge in [-0.2, -0.15) is 13.2 Å². The number of hydrogen-bond donors (Lipinski definition) is 0. The van der Waals surface area contributed by atoms with Crippen LogP contribution in [0.5, 0.6) is 0 Å². The minimum absolute atomic E-state index is 0.213. The number of hydrogen-bond acceptors (Lipinski definition) is 3. The van der Waals surface area contributed by atoms with E-state index in [-0.39, 0.29) is 10.9 Å². The topological polar surface area (TPSA) is 57.2 Å². The maximum absolute atomic E-state index is 10.7. The van der Waals surface area contributed by atoms with Crippen molar-refractivity contribution < 1.29 is 26.1 Å². The van der Waals surface area contributed by atoms with Gasteiger partial charge >= 0.3 is 5.51 Å². The highest BCUT2D eigenvalue weighted by molar-refractivity contribution is 7.98. The van der Waals surface area contributed by atoms with Crippen LogP contribution >= 0.6 is 0 Å². The van der Waals surface area contributed by atoms with Crippen molar-refractivity contribution in [2.45, 2.75) is 39.3 Å². The molecule has 154 valence electrons. The molecule has 5 atom stereocenters. The lowest BCUT2D eigenvalue weighted by Crippen LogP contribution is -2.40. The van der Waals surface area contributed by atoms with Crippen molar-refractivity contribution in [2.75, 3.05) is 0 Å². The maximum Gasteiger partial charge on any atom is 0.485 e. The fourth-order valence-corrected chi connectivity index (χ4v) is 8.31. The lowest BCUT2D eigenvalue weighted by atomic mass is 9.79. The van der Waals surface area contributed by atoms with Crippen molar-refractivity contribution in [2.24, 2.45) is 11.8 Å². The van der Waals surface area contributed by atoms with Gasteiger partial charge in [-0.25, -0.2) is 8.42 Å². The molecule has 0 radical (unpaired) electrons. The highest BCUT2D eigenvalue weighted by Crippen LogP contribution is 2.66. The average Bonchev–Trinajstić information content (AvgIpc) is 3.29. The van der Waals surface area contributed by atoms with Gasteiger partial charge in [0.1, 0.15) is 4.75 Å². The molecule has 1 aliphatic heterocycles. The second kappa shape index (κ2) is 6.89. The SMILES string of the molecule is C[C@@]12[C@@H]3C=C[C@@H](C3)[C@@H]1c1ccccc1[S+]2c1ccccc1.O=S(=O)([O-])C(F)(F)F. The Labute approximate surface area is 170 Å². The number of rotatable bonds is 1. The number of halogens is 3. The van der Waals surface area contributed by atoms with Gasteiger partial charge in [-0.3, -0.25) is 0 Å². The summed E-state index contributed by atoms with van der Waals surface area (Å²) in [7, 11) is -5.88. The fourth-order valence-electron chi connectivity index (χ4n) is 4.97. The minimum Gasteiger partial charge on any atom is -0.741 e. The summed E-state index contributed by atoms with van der Waals surface area (Å²) in [6, 6.07) is 20.4. The Morgan fingerprint density at radius 2 is 1.62 bits per heavy atom. The van der Waals surface area contributed by atoms with Crippen LogP contribution in [0.4, 0.5) is 13.2 Å². The molecule has 3 aliphatic rings. The largest absolute Gasteiger partial charge is 0.741 e. The van der Waals surface area contributed by atoms with E-state index in [2.05, 4.69) is 73.7 Å². The zero-order valence-corrected chi connectivity index (χ0v) is 17.1. The van der Waals surface area contributed by atoms with Gasteiger partial charge in [0, 0.05) is 17.4 Å². The van der Waals surface area contributed by atoms with Crippen molar-refractivity contribution in [1.29, 1.82) is 0 Å². The lowest BCUT2D eigenvalue weighted by molar-refractivity contribution is -0.0517. The second-order valence-electron chi connectivity index (χ2n) is 7.61. The van der Waals surface area contributed by atoms with Gasteiger partial charge in [-0.1, -0.05) is 48.6 Å². The number of allylic oxidation sites excluding steroid dienone is 2. The summed E-state index contributed by atoms with van der Waals surface area (Å²) in [4.78, 5) is 3.13. The zero-order chi connectivity index (χ0) is 21.0. The van der Waals surface area contributed by atoms with E-state index in [0.717, 1.165) is 17.8 Å². The quantitative estimate of drug-likeness (QED) is 0.276. The van der Waals surface area contributed by atoms with Gasteiger partial charge in [-0.15, -0.1) is 0 Å². The predicted molar refractivity (Wildman–Crippen MR) is 104 cm³/mol. The molecule has 0 spiro atoms. The minimum atomic E-state index is -6.09. The number of fused-ring (bicyclic) bond motifs is 7. The molecule has 2 aromatic rings. The molecule has 1 heterocycles. The van der Waals surface area contributed by atoms with Crippen LogP contribution in [0.1, 0.15) is 24.8 Å². The molecule has 0 N–H and O–H groups in total. The summed E-state index contributed by atoms with van der Waals surface area (Å²) in [5.41, 5.74) is -4.02. The Balaban J connectivity index is 0.000000221. The first-order valence-electron chi connectivity index (χ1n) is 9.14. The van der Waals surface area contributed by atoms with E-state index in [1.165, 1.54) is 11.3 Å². The summed E-state index contributed by atoms with van der Waals surface area (Å²) in [5, 5.41) is 0. The third-order valence-corrected chi connectivity index (χ3v) is 9.63. The van der Waals surface area contributed by atoms with Crippen LogP contribution in [0, 0.1) is 11.8 Å². The Kier molecular flexibility index (Phi) is 4.87. The zero-order valence-electron chi connectivity index (χ0n) is 15.5. The Morgan fingerprint density at radius 1 is 1.03 bits per heavy atom. The van der Waals surface area contributed by atoms with Gasteiger partial charge in [0.05, 0.1) is 10.9 Å². The van der Waals surface area contributed by atoms with Crippen molar-refractivity contribution in [3.05, 3.63) is 72.3 Å². The lowest BCUT2D eigenvalue weighted by Gasteiger charge is -2.30. The van der Waals surface area contributed by atoms with Gasteiger partial charge in [-0.05, 0) is 37.5 Å². The molecule has 5 rings (SSSR count). The Morgan fingerprint density at radius 3 is 2.24 bits per heavy atom. The third-order valence-electron chi connectivity index (χ3n) is 6.07. The first kappa shape index (κ1) is 20.5. The number of alkyl halides is 3. The number of benzene rings is 2. The maximum atomic E-state index is 10.7. The summed E-state index contributed by atoms with van der Waals surface area (Å²) in [6.07, 6.45) is 6.37. The molecular formula is C21H19F3O3S2. The molecule has 2 aromatic carbocycles. The van der Waals surface area contributed by atoms with Gasteiger partial charge < -0.3 is 4.55 Å². The smallest absolute Gasteiger partial charge is 0.485 e. The molecule has 0 amide bonds. The van der Waals surface area contributed by atoms with E-state index in [9.17, 15) is 13.2 Å². The molecular weight excluding hydrogens is 421 g/mol. The van der Waals surface area contributed by atoms with E-state index in [0.29, 0.717) is 4.75 Å². The van der Waals surface area contributed by atoms with E-state index in [1.54, 1.807) is 10.5 Å². The predicted octanol–water partition coefficient (Wildman–Crippen LogP) is 4.84. The highest BCUT2D eigenvalue weighted by Gasteiger charge is 2.69. The van der Waals surface area contributed by atoms with Crippen LogP contribution in [-0.2, 0) is 21.0 Å². The third kappa shape index (κ3) is 3.21. The fraction of sp³-hybridized carbons (Fsp3) is 0.333. The molecule has 8 heteroatoms. The van der Waals surface area contributed by atoms with Gasteiger partial charge in [0.15, 0.2) is 19.9 Å². The van der Waals surface area contributed by atoms with Crippen LogP contribution in [0.3, 0.4) is 0 Å². The standard InChI is InChI=1S/C20H19S.CHF3O3S/c1-20-15-12-11-14(13-15)19(20)17-9-5-6-10-18(17)21(20)16-7-3-2-4-8-16;2-1(3,4)8(5,6)7/h2-12,14-15,19H,13H2,1H3;(H,5,6,7)/q+1;/p-1/t14-,15+,19+,20+,21?;/m0./s1. The van der Waals surface area contributed by atoms with Gasteiger partial charge in [0.2, 0.25) is 0 Å². The van der Waals surface area contributed by atoms with Crippen molar-refractivity contribution in [3.63, 3.8) is 0 Å². The molecule has 2 aliphatic carbocycles. The first-order chi connectivity index (χ1) is 13.5. The molecule has 1 unspecified atom stereocenters. The summed E-state index contributed by atoms with van der Waals surface area (Å²) in [6.45, 7) is 2.56. The second-order valence-corrected chi connectivity index (χ2v) is 11.4. The van der Waals surface area contributed by atoms with E-state index in [4.69, 9.17) is 13.0 Å². The summed E-state index contributed by atoms with van der Waals surface area (Å²) < 4.78 is 59.3. The first-order valence-corrected chi connectivity index (χ1v) is 11.8. The average molecular weight is 441 g/mol.